The summed E-state index contributed by atoms with van der Waals surface area (Å²) in [5.74, 6) is 0. The Morgan fingerprint density at radius 2 is 1.32 bits per heavy atom. The highest BCUT2D eigenvalue weighted by Crippen LogP contribution is 2.29. The van der Waals surface area contributed by atoms with Gasteiger partial charge in [0.2, 0.25) is 0 Å². The molecule has 0 spiro atoms. The molecule has 0 fully saturated rings. The fourth-order valence-corrected chi connectivity index (χ4v) is 17.1. The molecule has 0 saturated carbocycles. The Balaban J connectivity index is 4.82. The zero-order chi connectivity index (χ0) is 22.1. The molecule has 7 nitrogen and oxygen atoms in total. The van der Waals surface area contributed by atoms with Crippen molar-refractivity contribution in [2.75, 3.05) is 19.7 Å². The van der Waals surface area contributed by atoms with Crippen molar-refractivity contribution in [2.45, 2.75) is 71.4 Å². The van der Waals surface area contributed by atoms with E-state index in [1.54, 1.807) is 0 Å². The third-order valence-electron chi connectivity index (χ3n) is 2.90. The summed E-state index contributed by atoms with van der Waals surface area (Å²) >= 11 is 0. The standard InChI is InChI=1S/C17H41NO6Si4/c1-11-20-17(19)21-15-14-18-13-12-16-28(22-25(2,3)4,23-26(5,6)7)24-27(8,9)10/h11,18H,1,12-16H2,2-10H3. The summed E-state index contributed by atoms with van der Waals surface area (Å²) in [6.07, 6.45) is 1.19. The minimum absolute atomic E-state index is 0.247. The normalized spacial score (nSPS) is 13.3. The summed E-state index contributed by atoms with van der Waals surface area (Å²) in [6, 6.07) is 0.790. The Morgan fingerprint density at radius 3 is 1.71 bits per heavy atom. The van der Waals surface area contributed by atoms with Crippen LogP contribution in [0.1, 0.15) is 6.42 Å². The molecule has 0 radical (unpaired) electrons. The largest absolute Gasteiger partial charge is 0.513 e. The summed E-state index contributed by atoms with van der Waals surface area (Å²) in [5.41, 5.74) is 0. The van der Waals surface area contributed by atoms with Gasteiger partial charge in [-0.25, -0.2) is 4.79 Å². The Bertz CT molecular complexity index is 445. The van der Waals surface area contributed by atoms with E-state index in [-0.39, 0.29) is 6.61 Å². The third-order valence-corrected chi connectivity index (χ3v) is 14.9. The quantitative estimate of drug-likeness (QED) is 0.171. The number of nitrogens with one attached hydrogen (secondary N) is 1. The molecule has 0 aromatic heterocycles. The molecule has 0 aromatic rings. The van der Waals surface area contributed by atoms with Gasteiger partial charge in [0.25, 0.3) is 0 Å². The van der Waals surface area contributed by atoms with Gasteiger partial charge in [-0.3, -0.25) is 0 Å². The second-order valence-electron chi connectivity index (χ2n) is 9.56. The van der Waals surface area contributed by atoms with Gasteiger partial charge >= 0.3 is 15.0 Å². The maximum atomic E-state index is 11.1. The molecule has 0 bridgehead atoms. The van der Waals surface area contributed by atoms with Crippen LogP contribution < -0.4 is 5.32 Å². The van der Waals surface area contributed by atoms with Crippen LogP contribution in [0.2, 0.25) is 65.0 Å². The van der Waals surface area contributed by atoms with E-state index >= 15 is 0 Å². The molecule has 0 amide bonds. The van der Waals surface area contributed by atoms with Crippen molar-refractivity contribution >= 4 is 39.9 Å². The summed E-state index contributed by atoms with van der Waals surface area (Å²) in [5, 5.41) is 3.27. The smallest absolute Gasteiger partial charge is 0.433 e. The fraction of sp³-hybridized carbons (Fsp3) is 0.824. The first-order valence-electron chi connectivity index (χ1n) is 9.83. The first-order chi connectivity index (χ1) is 12.6. The molecule has 0 aromatic carbocycles. The van der Waals surface area contributed by atoms with E-state index in [9.17, 15) is 4.79 Å². The lowest BCUT2D eigenvalue weighted by Gasteiger charge is -2.43. The Hall–Kier alpha value is -0.282. The topological polar surface area (TPSA) is 75.3 Å². The van der Waals surface area contributed by atoms with Crippen molar-refractivity contribution in [2.24, 2.45) is 0 Å². The summed E-state index contributed by atoms with van der Waals surface area (Å²) in [6.45, 7) is 24.6. The van der Waals surface area contributed by atoms with E-state index in [1.807, 2.05) is 0 Å². The molecule has 11 heteroatoms. The molecule has 0 aliphatic carbocycles. The number of rotatable bonds is 14. The zero-order valence-electron chi connectivity index (χ0n) is 19.3. The van der Waals surface area contributed by atoms with Crippen LogP contribution in [-0.4, -0.2) is 59.6 Å². The van der Waals surface area contributed by atoms with Crippen LogP contribution in [0.5, 0.6) is 0 Å². The van der Waals surface area contributed by atoms with Gasteiger partial charge in [0.1, 0.15) is 6.61 Å². The predicted molar refractivity (Wildman–Crippen MR) is 124 cm³/mol. The molecule has 0 atom stereocenters. The Morgan fingerprint density at radius 1 is 0.857 bits per heavy atom. The lowest BCUT2D eigenvalue weighted by atomic mass is 10.5. The van der Waals surface area contributed by atoms with Gasteiger partial charge in [0.15, 0.2) is 25.0 Å². The third kappa shape index (κ3) is 15.6. The molecule has 0 aliphatic heterocycles. The van der Waals surface area contributed by atoms with E-state index in [0.29, 0.717) is 6.54 Å². The SMILES string of the molecule is C=COC(=O)OCCNCCC[Si](O[Si](C)(C)C)(O[Si](C)(C)C)O[Si](C)(C)C. The van der Waals surface area contributed by atoms with Gasteiger partial charge in [-0.2, -0.15) is 0 Å². The van der Waals surface area contributed by atoms with Crippen molar-refractivity contribution in [1.82, 2.24) is 5.32 Å². The maximum Gasteiger partial charge on any atom is 0.513 e. The van der Waals surface area contributed by atoms with E-state index < -0.39 is 39.9 Å². The molecule has 0 heterocycles. The van der Waals surface area contributed by atoms with Crippen LogP contribution in [-0.2, 0) is 21.8 Å². The highest BCUT2D eigenvalue weighted by atomic mass is 28.5. The van der Waals surface area contributed by atoms with Crippen LogP contribution >= 0.6 is 0 Å². The van der Waals surface area contributed by atoms with Gasteiger partial charge in [-0.15, -0.1) is 0 Å². The first kappa shape index (κ1) is 27.7. The molecule has 0 rings (SSSR count). The average Bonchev–Trinajstić information content (AvgIpc) is 2.40. The van der Waals surface area contributed by atoms with E-state index in [0.717, 1.165) is 25.3 Å². The lowest BCUT2D eigenvalue weighted by molar-refractivity contribution is 0.0857. The van der Waals surface area contributed by atoms with Gasteiger partial charge in [0, 0.05) is 12.6 Å². The number of carbonyl (C=O) groups is 1. The number of carbonyl (C=O) groups excluding carboxylic acids is 1. The van der Waals surface area contributed by atoms with Crippen molar-refractivity contribution in [3.63, 3.8) is 0 Å². The van der Waals surface area contributed by atoms with Gasteiger partial charge in [0.05, 0.1) is 6.26 Å². The summed E-state index contributed by atoms with van der Waals surface area (Å²) < 4.78 is 29.3. The number of hydrogen-bond acceptors (Lipinski definition) is 7. The van der Waals surface area contributed by atoms with E-state index in [4.69, 9.17) is 17.1 Å². The predicted octanol–water partition coefficient (Wildman–Crippen LogP) is 4.76. The molecule has 0 saturated heterocycles. The average molecular weight is 468 g/mol. The molecular formula is C17H41NO6Si4. The highest BCUT2D eigenvalue weighted by Gasteiger charge is 2.49. The lowest BCUT2D eigenvalue weighted by Crippen LogP contribution is -2.60. The first-order valence-corrected chi connectivity index (χ1v) is 22.0. The van der Waals surface area contributed by atoms with Crippen molar-refractivity contribution in [3.8, 4) is 0 Å². The Kier molecular flexibility index (Phi) is 11.7. The zero-order valence-corrected chi connectivity index (χ0v) is 23.3. The Labute approximate surface area is 175 Å². The molecule has 1 N–H and O–H groups in total. The maximum absolute atomic E-state index is 11.1. The van der Waals surface area contributed by atoms with Gasteiger partial charge in [-0.05, 0) is 71.9 Å². The fourth-order valence-electron chi connectivity index (χ4n) is 2.48. The number of hydrogen-bond donors (Lipinski definition) is 1. The molecule has 166 valence electrons. The van der Waals surface area contributed by atoms with E-state index in [1.165, 1.54) is 0 Å². The minimum Gasteiger partial charge on any atom is -0.433 e. The monoisotopic (exact) mass is 467 g/mol. The highest BCUT2D eigenvalue weighted by molar-refractivity contribution is 6.90. The molecular weight excluding hydrogens is 427 g/mol. The van der Waals surface area contributed by atoms with Crippen LogP contribution in [0, 0.1) is 0 Å². The molecule has 28 heavy (non-hydrogen) atoms. The second-order valence-corrected chi connectivity index (χ2v) is 26.6. The number of ether oxygens (including phenoxy) is 2. The van der Waals surface area contributed by atoms with Crippen molar-refractivity contribution in [3.05, 3.63) is 12.8 Å². The van der Waals surface area contributed by atoms with Crippen molar-refractivity contribution in [1.29, 1.82) is 0 Å². The molecule has 0 aliphatic rings. The summed E-state index contributed by atoms with van der Waals surface area (Å²) in [4.78, 5) is 11.1. The second kappa shape index (κ2) is 11.8. The minimum atomic E-state index is -2.77. The van der Waals surface area contributed by atoms with E-state index in [2.05, 4.69) is 75.6 Å². The van der Waals surface area contributed by atoms with Gasteiger partial charge < -0.3 is 27.1 Å². The van der Waals surface area contributed by atoms with Gasteiger partial charge in [-0.1, -0.05) is 6.58 Å². The molecule has 0 unspecified atom stereocenters. The summed E-state index contributed by atoms with van der Waals surface area (Å²) in [7, 11) is -8.28. The van der Waals surface area contributed by atoms with Crippen LogP contribution in [0.4, 0.5) is 4.79 Å². The van der Waals surface area contributed by atoms with Crippen LogP contribution in [0.3, 0.4) is 0 Å². The van der Waals surface area contributed by atoms with Crippen LogP contribution in [0.25, 0.3) is 0 Å². The van der Waals surface area contributed by atoms with Crippen molar-refractivity contribution < 1.29 is 26.6 Å². The van der Waals surface area contributed by atoms with Crippen LogP contribution in [0.15, 0.2) is 12.8 Å².